The Morgan fingerprint density at radius 3 is 2.32 bits per heavy atom. The van der Waals surface area contributed by atoms with Crippen molar-refractivity contribution in [3.05, 3.63) is 65.7 Å². The minimum atomic E-state index is -0.215. The maximum absolute atomic E-state index is 12.2. The van der Waals surface area contributed by atoms with Crippen molar-refractivity contribution in [3.8, 4) is 0 Å². The third kappa shape index (κ3) is 6.00. The van der Waals surface area contributed by atoms with Gasteiger partial charge in [0.05, 0.1) is 17.7 Å². The van der Waals surface area contributed by atoms with Gasteiger partial charge in [0.2, 0.25) is 5.91 Å². The van der Waals surface area contributed by atoms with E-state index in [1.54, 1.807) is 24.3 Å². The molecule has 0 aliphatic carbocycles. The summed E-state index contributed by atoms with van der Waals surface area (Å²) in [6, 6.07) is 16.4. The number of rotatable bonds is 5. The van der Waals surface area contributed by atoms with Gasteiger partial charge in [-0.3, -0.25) is 9.59 Å². The molecule has 6 heteroatoms. The zero-order chi connectivity index (χ0) is 18.2. The van der Waals surface area contributed by atoms with Crippen molar-refractivity contribution in [2.45, 2.75) is 26.3 Å². The van der Waals surface area contributed by atoms with Crippen molar-refractivity contribution in [2.24, 2.45) is 0 Å². The van der Waals surface area contributed by atoms with Gasteiger partial charge in [-0.05, 0) is 43.8 Å². The van der Waals surface area contributed by atoms with E-state index in [0.717, 1.165) is 5.56 Å². The second kappa shape index (κ2) is 8.94. The van der Waals surface area contributed by atoms with Crippen LogP contribution >= 0.6 is 12.2 Å². The van der Waals surface area contributed by atoms with Crippen LogP contribution in [0.3, 0.4) is 0 Å². The van der Waals surface area contributed by atoms with E-state index in [1.165, 1.54) is 0 Å². The van der Waals surface area contributed by atoms with E-state index in [1.807, 2.05) is 44.2 Å². The lowest BCUT2D eigenvalue weighted by molar-refractivity contribution is -0.119. The van der Waals surface area contributed by atoms with Crippen molar-refractivity contribution in [3.63, 3.8) is 0 Å². The number of hydrogen-bond acceptors (Lipinski definition) is 3. The van der Waals surface area contributed by atoms with E-state index in [-0.39, 0.29) is 29.4 Å². The first kappa shape index (κ1) is 18.6. The zero-order valence-corrected chi connectivity index (χ0v) is 15.0. The molecule has 0 saturated heterocycles. The Bertz CT molecular complexity index is 760. The molecule has 0 heterocycles. The van der Waals surface area contributed by atoms with Crippen molar-refractivity contribution in [1.82, 2.24) is 10.6 Å². The van der Waals surface area contributed by atoms with Crippen molar-refractivity contribution in [1.29, 1.82) is 0 Å². The molecule has 0 aliphatic heterocycles. The third-order valence-electron chi connectivity index (χ3n) is 3.30. The zero-order valence-electron chi connectivity index (χ0n) is 14.2. The summed E-state index contributed by atoms with van der Waals surface area (Å²) in [4.78, 5) is 24.3. The highest BCUT2D eigenvalue weighted by Gasteiger charge is 2.13. The van der Waals surface area contributed by atoms with E-state index in [2.05, 4.69) is 16.0 Å². The number of hydrogen-bond donors (Lipinski definition) is 3. The largest absolute Gasteiger partial charge is 0.350 e. The van der Waals surface area contributed by atoms with Gasteiger partial charge in [-0.15, -0.1) is 0 Å². The molecule has 0 atom stereocenters. The minimum Gasteiger partial charge on any atom is -0.350 e. The average molecular weight is 355 g/mol. The van der Waals surface area contributed by atoms with Gasteiger partial charge in [-0.25, -0.2) is 0 Å². The third-order valence-corrected chi connectivity index (χ3v) is 3.50. The number of para-hydroxylation sites is 1. The van der Waals surface area contributed by atoms with Crippen LogP contribution in [0.5, 0.6) is 0 Å². The Hall–Kier alpha value is -2.73. The van der Waals surface area contributed by atoms with Crippen LogP contribution in [-0.2, 0) is 11.2 Å². The van der Waals surface area contributed by atoms with Crippen LogP contribution in [0, 0.1) is 0 Å². The molecule has 2 amide bonds. The SMILES string of the molecule is CC(C)NC(=O)c1ccccc1NC(=S)NC(=O)Cc1ccccc1. The van der Waals surface area contributed by atoms with Crippen molar-refractivity contribution < 1.29 is 9.59 Å². The van der Waals surface area contributed by atoms with Gasteiger partial charge >= 0.3 is 0 Å². The number of carbonyl (C=O) groups excluding carboxylic acids is 2. The van der Waals surface area contributed by atoms with Crippen LogP contribution in [0.4, 0.5) is 5.69 Å². The topological polar surface area (TPSA) is 70.2 Å². The Labute approximate surface area is 152 Å². The van der Waals surface area contributed by atoms with Gasteiger partial charge < -0.3 is 16.0 Å². The molecule has 0 aromatic heterocycles. The second-order valence-corrected chi connectivity index (χ2v) is 6.25. The molecule has 3 N–H and O–H groups in total. The smallest absolute Gasteiger partial charge is 0.253 e. The first-order valence-corrected chi connectivity index (χ1v) is 8.41. The summed E-state index contributed by atoms with van der Waals surface area (Å²) >= 11 is 5.19. The lowest BCUT2D eigenvalue weighted by Crippen LogP contribution is -2.36. The molecule has 0 aliphatic rings. The molecule has 0 radical (unpaired) electrons. The highest BCUT2D eigenvalue weighted by molar-refractivity contribution is 7.80. The summed E-state index contributed by atoms with van der Waals surface area (Å²) < 4.78 is 0. The highest BCUT2D eigenvalue weighted by Crippen LogP contribution is 2.15. The van der Waals surface area contributed by atoms with E-state index < -0.39 is 0 Å². The summed E-state index contributed by atoms with van der Waals surface area (Å²) in [6.45, 7) is 3.78. The molecule has 25 heavy (non-hydrogen) atoms. The van der Waals surface area contributed by atoms with E-state index in [4.69, 9.17) is 12.2 Å². The highest BCUT2D eigenvalue weighted by atomic mass is 32.1. The molecule has 0 bridgehead atoms. The lowest BCUT2D eigenvalue weighted by Gasteiger charge is -2.14. The van der Waals surface area contributed by atoms with Gasteiger partial charge in [0.25, 0.3) is 5.91 Å². The number of carbonyl (C=O) groups is 2. The lowest BCUT2D eigenvalue weighted by atomic mass is 10.1. The first-order valence-electron chi connectivity index (χ1n) is 8.00. The molecular weight excluding hydrogens is 334 g/mol. The maximum Gasteiger partial charge on any atom is 0.253 e. The number of nitrogens with one attached hydrogen (secondary N) is 3. The van der Waals surface area contributed by atoms with E-state index >= 15 is 0 Å². The number of thiocarbonyl (C=S) groups is 1. The molecule has 0 saturated carbocycles. The molecule has 130 valence electrons. The monoisotopic (exact) mass is 355 g/mol. The van der Waals surface area contributed by atoms with Gasteiger partial charge in [-0.1, -0.05) is 42.5 Å². The molecule has 2 aromatic rings. The molecule has 0 unspecified atom stereocenters. The number of benzene rings is 2. The normalized spacial score (nSPS) is 10.2. The molecule has 2 aromatic carbocycles. The fraction of sp³-hybridized carbons (Fsp3) is 0.211. The molecule has 0 spiro atoms. The Kier molecular flexibility index (Phi) is 6.65. The van der Waals surface area contributed by atoms with Gasteiger partial charge in [0.1, 0.15) is 0 Å². The molecule has 0 fully saturated rings. The van der Waals surface area contributed by atoms with Crippen LogP contribution in [0.15, 0.2) is 54.6 Å². The van der Waals surface area contributed by atoms with Crippen molar-refractivity contribution in [2.75, 3.05) is 5.32 Å². The van der Waals surface area contributed by atoms with Gasteiger partial charge in [0.15, 0.2) is 5.11 Å². The van der Waals surface area contributed by atoms with Gasteiger partial charge in [0, 0.05) is 6.04 Å². The standard InChI is InChI=1S/C19H21N3O2S/c1-13(2)20-18(24)15-10-6-7-11-16(15)21-19(25)22-17(23)12-14-8-4-3-5-9-14/h3-11,13H,12H2,1-2H3,(H,20,24)(H2,21,22,23,25). The van der Waals surface area contributed by atoms with E-state index in [0.29, 0.717) is 11.3 Å². The van der Waals surface area contributed by atoms with Crippen LogP contribution in [0.2, 0.25) is 0 Å². The Morgan fingerprint density at radius 2 is 1.64 bits per heavy atom. The molecule has 2 rings (SSSR count). The van der Waals surface area contributed by atoms with Gasteiger partial charge in [-0.2, -0.15) is 0 Å². The number of amides is 2. The van der Waals surface area contributed by atoms with Crippen molar-refractivity contribution >= 4 is 34.8 Å². The summed E-state index contributed by atoms with van der Waals surface area (Å²) in [5.74, 6) is -0.413. The summed E-state index contributed by atoms with van der Waals surface area (Å²) in [5, 5.41) is 8.55. The predicted molar refractivity (Wildman–Crippen MR) is 104 cm³/mol. The fourth-order valence-corrected chi connectivity index (χ4v) is 2.46. The quantitative estimate of drug-likeness (QED) is 0.722. The second-order valence-electron chi connectivity index (χ2n) is 5.84. The molecular formula is C19H21N3O2S. The van der Waals surface area contributed by atoms with Crippen LogP contribution in [0.1, 0.15) is 29.8 Å². The Balaban J connectivity index is 1.98. The minimum absolute atomic E-state index is 0.0260. The maximum atomic E-state index is 12.2. The van der Waals surface area contributed by atoms with Crippen LogP contribution in [0.25, 0.3) is 0 Å². The summed E-state index contributed by atoms with van der Waals surface area (Å²) in [5.41, 5.74) is 1.92. The Morgan fingerprint density at radius 1 is 1.00 bits per heavy atom. The van der Waals surface area contributed by atoms with E-state index in [9.17, 15) is 9.59 Å². The average Bonchev–Trinajstić information content (AvgIpc) is 2.55. The molecule has 5 nitrogen and oxygen atoms in total. The summed E-state index contributed by atoms with van der Waals surface area (Å²) in [6.07, 6.45) is 0.234. The predicted octanol–water partition coefficient (Wildman–Crippen LogP) is 2.88. The van der Waals surface area contributed by atoms with Crippen LogP contribution < -0.4 is 16.0 Å². The first-order chi connectivity index (χ1) is 12.0. The van der Waals surface area contributed by atoms with Crippen LogP contribution in [-0.4, -0.2) is 23.0 Å². The summed E-state index contributed by atoms with van der Waals surface area (Å²) in [7, 11) is 0. The number of anilines is 1. The fourth-order valence-electron chi connectivity index (χ4n) is 2.24.